The Morgan fingerprint density at radius 3 is 2.62 bits per heavy atom. The van der Waals surface area contributed by atoms with Crippen molar-refractivity contribution >= 4 is 5.91 Å². The van der Waals surface area contributed by atoms with Crippen molar-refractivity contribution in [2.75, 3.05) is 20.6 Å². The maximum Gasteiger partial charge on any atom is 0.239 e. The minimum absolute atomic E-state index is 0.0566. The number of likely N-dealkylation sites (tertiary alicyclic amines) is 1. The van der Waals surface area contributed by atoms with Gasteiger partial charge in [-0.25, -0.2) is 0 Å². The van der Waals surface area contributed by atoms with Crippen molar-refractivity contribution in [2.24, 2.45) is 5.73 Å². The monoisotopic (exact) mass is 227 g/mol. The molecule has 1 amide bonds. The van der Waals surface area contributed by atoms with Crippen LogP contribution in [0.5, 0.6) is 0 Å². The lowest BCUT2D eigenvalue weighted by Gasteiger charge is -2.43. The number of hydrogen-bond donors (Lipinski definition) is 1. The Kier molecular flexibility index (Phi) is 4.74. The number of nitrogens with two attached hydrogens (primary N) is 1. The van der Waals surface area contributed by atoms with E-state index in [1.807, 2.05) is 21.0 Å². The number of piperidine rings is 1. The van der Waals surface area contributed by atoms with Crippen molar-refractivity contribution in [1.29, 1.82) is 0 Å². The molecule has 16 heavy (non-hydrogen) atoms. The summed E-state index contributed by atoms with van der Waals surface area (Å²) in [4.78, 5) is 16.0. The van der Waals surface area contributed by atoms with Gasteiger partial charge < -0.3 is 10.6 Å². The lowest BCUT2D eigenvalue weighted by molar-refractivity contribution is -0.136. The summed E-state index contributed by atoms with van der Waals surface area (Å²) in [5.74, 6) is 0.173. The van der Waals surface area contributed by atoms with Crippen LogP contribution in [0.15, 0.2) is 0 Å². The van der Waals surface area contributed by atoms with E-state index in [-0.39, 0.29) is 11.9 Å². The van der Waals surface area contributed by atoms with Crippen LogP contribution in [0, 0.1) is 0 Å². The Labute approximate surface area is 98.8 Å². The fourth-order valence-corrected chi connectivity index (χ4v) is 2.75. The molecule has 0 saturated carbocycles. The Bertz CT molecular complexity index is 242. The molecular formula is C12H25N3O. The minimum atomic E-state index is -0.0566. The first-order valence-electron chi connectivity index (χ1n) is 6.17. The summed E-state index contributed by atoms with van der Waals surface area (Å²) in [6.45, 7) is 4.84. The Hall–Kier alpha value is -0.610. The zero-order valence-corrected chi connectivity index (χ0v) is 10.9. The van der Waals surface area contributed by atoms with E-state index in [1.54, 1.807) is 4.90 Å². The van der Waals surface area contributed by atoms with Gasteiger partial charge in [0.05, 0.1) is 6.04 Å². The lowest BCUT2D eigenvalue weighted by Crippen LogP contribution is -2.57. The van der Waals surface area contributed by atoms with Gasteiger partial charge in [-0.3, -0.25) is 9.69 Å². The number of carbonyl (C=O) groups excluding carboxylic acids is 1. The number of nitrogens with zero attached hydrogens (tertiary/aromatic N) is 2. The number of rotatable bonds is 3. The van der Waals surface area contributed by atoms with Crippen LogP contribution in [0.2, 0.25) is 0 Å². The first kappa shape index (κ1) is 13.5. The van der Waals surface area contributed by atoms with Crippen LogP contribution in [0.1, 0.15) is 33.1 Å². The Balaban J connectivity index is 2.76. The average Bonchev–Trinajstić information content (AvgIpc) is 2.26. The molecule has 1 heterocycles. The van der Waals surface area contributed by atoms with Crippen LogP contribution in [0.4, 0.5) is 0 Å². The molecular weight excluding hydrogens is 202 g/mol. The molecule has 1 aliphatic heterocycles. The molecule has 0 aromatic heterocycles. The van der Waals surface area contributed by atoms with E-state index in [2.05, 4.69) is 11.8 Å². The van der Waals surface area contributed by atoms with Gasteiger partial charge >= 0.3 is 0 Å². The summed E-state index contributed by atoms with van der Waals surface area (Å²) >= 11 is 0. The number of hydrogen-bond acceptors (Lipinski definition) is 3. The molecule has 0 aromatic rings. The second kappa shape index (κ2) is 5.64. The molecule has 4 nitrogen and oxygen atoms in total. The van der Waals surface area contributed by atoms with Gasteiger partial charge in [-0.2, -0.15) is 0 Å². The fourth-order valence-electron chi connectivity index (χ4n) is 2.75. The third-order valence-electron chi connectivity index (χ3n) is 3.61. The predicted octanol–water partition coefficient (Wildman–Crippen LogP) is 0.665. The molecule has 0 spiro atoms. The third-order valence-corrected chi connectivity index (χ3v) is 3.61. The molecule has 3 unspecified atom stereocenters. The Morgan fingerprint density at radius 2 is 2.12 bits per heavy atom. The van der Waals surface area contributed by atoms with Gasteiger partial charge in [-0.1, -0.05) is 6.42 Å². The molecule has 1 fully saturated rings. The average molecular weight is 227 g/mol. The molecule has 94 valence electrons. The van der Waals surface area contributed by atoms with E-state index in [9.17, 15) is 4.79 Å². The molecule has 1 saturated heterocycles. The summed E-state index contributed by atoms with van der Waals surface area (Å²) in [7, 11) is 3.62. The lowest BCUT2D eigenvalue weighted by atomic mass is 9.94. The molecule has 4 heteroatoms. The highest BCUT2D eigenvalue weighted by molar-refractivity contribution is 5.81. The molecule has 0 bridgehead atoms. The standard InChI is InChI=1S/C12H25N3O/c1-9-6-5-7-11(8-13)15(9)10(2)12(16)14(3)4/h9-11H,5-8,13H2,1-4H3. The summed E-state index contributed by atoms with van der Waals surface area (Å²) in [6.07, 6.45) is 3.51. The van der Waals surface area contributed by atoms with Gasteiger partial charge in [0.15, 0.2) is 0 Å². The second-order valence-corrected chi connectivity index (χ2v) is 5.03. The van der Waals surface area contributed by atoms with E-state index in [0.717, 1.165) is 6.42 Å². The summed E-state index contributed by atoms with van der Waals surface area (Å²) < 4.78 is 0. The van der Waals surface area contributed by atoms with E-state index in [1.165, 1.54) is 12.8 Å². The van der Waals surface area contributed by atoms with E-state index in [0.29, 0.717) is 18.6 Å². The SMILES string of the molecule is CC1CCCC(CN)N1C(C)C(=O)N(C)C. The summed E-state index contributed by atoms with van der Waals surface area (Å²) in [5.41, 5.74) is 5.80. The zero-order valence-electron chi connectivity index (χ0n) is 10.9. The molecule has 1 rings (SSSR count). The van der Waals surface area contributed by atoms with Crippen molar-refractivity contribution in [3.8, 4) is 0 Å². The van der Waals surface area contributed by atoms with Gasteiger partial charge in [-0.05, 0) is 26.7 Å². The number of amides is 1. The minimum Gasteiger partial charge on any atom is -0.347 e. The van der Waals surface area contributed by atoms with Crippen LogP contribution in [0.25, 0.3) is 0 Å². The number of likely N-dealkylation sites (N-methyl/N-ethyl adjacent to an activating group) is 1. The van der Waals surface area contributed by atoms with Crippen LogP contribution in [-0.2, 0) is 4.79 Å². The molecule has 0 aliphatic carbocycles. The maximum absolute atomic E-state index is 12.0. The highest BCUT2D eigenvalue weighted by Crippen LogP contribution is 2.25. The van der Waals surface area contributed by atoms with Gasteiger partial charge in [0.25, 0.3) is 0 Å². The molecule has 2 N–H and O–H groups in total. The molecule has 3 atom stereocenters. The van der Waals surface area contributed by atoms with Gasteiger partial charge in [0.2, 0.25) is 5.91 Å². The quantitative estimate of drug-likeness (QED) is 0.771. The topological polar surface area (TPSA) is 49.6 Å². The first-order chi connectivity index (χ1) is 7.49. The molecule has 1 aliphatic rings. The van der Waals surface area contributed by atoms with Gasteiger partial charge in [-0.15, -0.1) is 0 Å². The maximum atomic E-state index is 12.0. The normalized spacial score (nSPS) is 28.8. The molecule has 0 aromatic carbocycles. The van der Waals surface area contributed by atoms with Gasteiger partial charge in [0, 0.05) is 32.7 Å². The van der Waals surface area contributed by atoms with Crippen molar-refractivity contribution in [1.82, 2.24) is 9.80 Å². The van der Waals surface area contributed by atoms with Crippen molar-refractivity contribution in [3.63, 3.8) is 0 Å². The highest BCUT2D eigenvalue weighted by atomic mass is 16.2. The van der Waals surface area contributed by atoms with Crippen molar-refractivity contribution in [2.45, 2.75) is 51.2 Å². The molecule has 0 radical (unpaired) electrons. The van der Waals surface area contributed by atoms with Crippen LogP contribution < -0.4 is 5.73 Å². The van der Waals surface area contributed by atoms with Crippen LogP contribution in [0.3, 0.4) is 0 Å². The van der Waals surface area contributed by atoms with E-state index in [4.69, 9.17) is 5.73 Å². The second-order valence-electron chi connectivity index (χ2n) is 5.03. The largest absolute Gasteiger partial charge is 0.347 e. The predicted molar refractivity (Wildman–Crippen MR) is 66.2 cm³/mol. The van der Waals surface area contributed by atoms with E-state index >= 15 is 0 Å². The van der Waals surface area contributed by atoms with E-state index < -0.39 is 0 Å². The van der Waals surface area contributed by atoms with Crippen LogP contribution in [-0.4, -0.2) is 54.5 Å². The summed E-state index contributed by atoms with van der Waals surface area (Å²) in [5, 5.41) is 0. The van der Waals surface area contributed by atoms with Crippen molar-refractivity contribution in [3.05, 3.63) is 0 Å². The van der Waals surface area contributed by atoms with Crippen molar-refractivity contribution < 1.29 is 4.79 Å². The fraction of sp³-hybridized carbons (Fsp3) is 0.917. The van der Waals surface area contributed by atoms with Gasteiger partial charge in [0.1, 0.15) is 0 Å². The third kappa shape index (κ3) is 2.74. The highest BCUT2D eigenvalue weighted by Gasteiger charge is 2.34. The Morgan fingerprint density at radius 1 is 1.50 bits per heavy atom. The zero-order chi connectivity index (χ0) is 12.3. The first-order valence-corrected chi connectivity index (χ1v) is 6.17. The van der Waals surface area contributed by atoms with Crippen LogP contribution >= 0.6 is 0 Å². The summed E-state index contributed by atoms with van der Waals surface area (Å²) in [6, 6.07) is 0.766. The smallest absolute Gasteiger partial charge is 0.239 e. The number of carbonyl (C=O) groups is 1.